The summed E-state index contributed by atoms with van der Waals surface area (Å²) in [6, 6.07) is 3.42. The van der Waals surface area contributed by atoms with Crippen molar-refractivity contribution in [1.82, 2.24) is 0 Å². The van der Waals surface area contributed by atoms with Crippen LogP contribution in [0.4, 0.5) is 4.39 Å². The van der Waals surface area contributed by atoms with Crippen LogP contribution in [-0.2, 0) is 0 Å². The van der Waals surface area contributed by atoms with Crippen molar-refractivity contribution in [3.8, 4) is 5.75 Å². The maximum atomic E-state index is 13.7. The van der Waals surface area contributed by atoms with Gasteiger partial charge in [-0.15, -0.1) is 11.8 Å². The molecule has 15 heavy (non-hydrogen) atoms. The number of benzene rings is 1. The Labute approximate surface area is 103 Å². The molecule has 1 aromatic carbocycles. The van der Waals surface area contributed by atoms with Gasteiger partial charge in [-0.3, -0.25) is 0 Å². The molecule has 0 aliphatic heterocycles. The second-order valence-electron chi connectivity index (χ2n) is 3.63. The lowest BCUT2D eigenvalue weighted by Crippen LogP contribution is -2.06. The van der Waals surface area contributed by atoms with E-state index in [0.29, 0.717) is 23.2 Å². The second kappa shape index (κ2) is 5.75. The fraction of sp³-hybridized carbons (Fsp3) is 0.455. The Hall–Kier alpha value is -0.220. The Morgan fingerprint density at radius 1 is 1.47 bits per heavy atom. The minimum atomic E-state index is -0.272. The van der Waals surface area contributed by atoms with E-state index < -0.39 is 0 Å². The monoisotopic (exact) mass is 292 g/mol. The Morgan fingerprint density at radius 2 is 2.13 bits per heavy atom. The van der Waals surface area contributed by atoms with Crippen molar-refractivity contribution in [2.75, 3.05) is 12.9 Å². The molecule has 84 valence electrons. The quantitative estimate of drug-likeness (QED) is 0.763. The molecule has 0 aliphatic carbocycles. The summed E-state index contributed by atoms with van der Waals surface area (Å²) in [4.78, 5) is 0.600. The Morgan fingerprint density at radius 3 is 2.67 bits per heavy atom. The zero-order valence-corrected chi connectivity index (χ0v) is 11.4. The average molecular weight is 293 g/mol. The van der Waals surface area contributed by atoms with Crippen molar-refractivity contribution in [1.29, 1.82) is 0 Å². The molecule has 0 radical (unpaired) electrons. The smallest absolute Gasteiger partial charge is 0.178 e. The first kappa shape index (κ1) is 12.8. The van der Waals surface area contributed by atoms with E-state index in [2.05, 4.69) is 15.9 Å². The predicted octanol–water partition coefficient (Wildman–Crippen LogP) is 4.34. The van der Waals surface area contributed by atoms with Crippen LogP contribution in [0.25, 0.3) is 0 Å². The first-order chi connectivity index (χ1) is 7.04. The molecule has 0 saturated heterocycles. The van der Waals surface area contributed by atoms with Crippen LogP contribution in [0.2, 0.25) is 0 Å². The van der Waals surface area contributed by atoms with E-state index >= 15 is 0 Å². The third-order valence-corrected chi connectivity index (χ3v) is 2.96. The third-order valence-electron chi connectivity index (χ3n) is 1.76. The molecule has 0 amide bonds. The second-order valence-corrected chi connectivity index (χ2v) is 5.39. The van der Waals surface area contributed by atoms with Gasteiger partial charge in [-0.1, -0.05) is 29.8 Å². The number of ether oxygens (including phenoxy) is 1. The lowest BCUT2D eigenvalue weighted by atomic mass is 10.2. The first-order valence-corrected chi connectivity index (χ1v) is 6.72. The van der Waals surface area contributed by atoms with Gasteiger partial charge in [-0.05, 0) is 24.3 Å². The molecule has 4 heteroatoms. The van der Waals surface area contributed by atoms with Gasteiger partial charge >= 0.3 is 0 Å². The molecule has 0 atom stereocenters. The normalized spacial score (nSPS) is 10.8. The summed E-state index contributed by atoms with van der Waals surface area (Å²) in [6.07, 6.45) is 1.84. The maximum Gasteiger partial charge on any atom is 0.178 e. The van der Waals surface area contributed by atoms with Gasteiger partial charge in [0.2, 0.25) is 0 Å². The van der Waals surface area contributed by atoms with E-state index in [0.717, 1.165) is 4.47 Å². The maximum absolute atomic E-state index is 13.7. The molecule has 0 heterocycles. The largest absolute Gasteiger partial charge is 0.490 e. The third kappa shape index (κ3) is 3.68. The van der Waals surface area contributed by atoms with Crippen LogP contribution in [-0.4, -0.2) is 12.9 Å². The molecule has 0 bridgehead atoms. The number of thioether (sulfide) groups is 1. The topological polar surface area (TPSA) is 9.23 Å². The van der Waals surface area contributed by atoms with E-state index in [1.54, 1.807) is 12.1 Å². The highest BCUT2D eigenvalue weighted by Gasteiger charge is 2.11. The molecule has 0 fully saturated rings. The van der Waals surface area contributed by atoms with Crippen molar-refractivity contribution >= 4 is 27.7 Å². The van der Waals surface area contributed by atoms with Crippen LogP contribution in [0.1, 0.15) is 13.8 Å². The minimum Gasteiger partial charge on any atom is -0.490 e. The summed E-state index contributed by atoms with van der Waals surface area (Å²) in [5.41, 5.74) is 0. The summed E-state index contributed by atoms with van der Waals surface area (Å²) in [7, 11) is 0. The van der Waals surface area contributed by atoms with Crippen LogP contribution < -0.4 is 4.74 Å². The van der Waals surface area contributed by atoms with E-state index in [1.807, 2.05) is 20.1 Å². The molecule has 0 aromatic heterocycles. The molecule has 0 spiro atoms. The number of rotatable bonds is 4. The number of hydrogen-bond donors (Lipinski definition) is 0. The number of hydrogen-bond acceptors (Lipinski definition) is 2. The Kier molecular flexibility index (Phi) is 4.93. The Bertz CT molecular complexity index is 342. The van der Waals surface area contributed by atoms with Crippen LogP contribution in [0, 0.1) is 11.7 Å². The molecule has 0 unspecified atom stereocenters. The zero-order valence-electron chi connectivity index (χ0n) is 9.01. The van der Waals surface area contributed by atoms with Gasteiger partial charge in [0.15, 0.2) is 11.6 Å². The van der Waals surface area contributed by atoms with Gasteiger partial charge < -0.3 is 4.74 Å². The number of halogens is 2. The van der Waals surface area contributed by atoms with E-state index in [9.17, 15) is 4.39 Å². The zero-order chi connectivity index (χ0) is 11.4. The fourth-order valence-electron chi connectivity index (χ4n) is 1.05. The minimum absolute atomic E-state index is 0.272. The molecule has 0 aliphatic rings. The van der Waals surface area contributed by atoms with Crippen molar-refractivity contribution in [3.63, 3.8) is 0 Å². The van der Waals surface area contributed by atoms with Crippen LogP contribution in [0.15, 0.2) is 21.5 Å². The van der Waals surface area contributed by atoms with Gasteiger partial charge in [0.25, 0.3) is 0 Å². The standard InChI is InChI=1S/C11H14BrFOS/c1-7(2)6-14-9-4-8(12)5-10(15-3)11(9)13/h4-5,7H,6H2,1-3H3. The van der Waals surface area contributed by atoms with Crippen LogP contribution >= 0.6 is 27.7 Å². The van der Waals surface area contributed by atoms with Gasteiger partial charge in [-0.25, -0.2) is 4.39 Å². The van der Waals surface area contributed by atoms with Gasteiger partial charge in [0.05, 0.1) is 6.61 Å². The summed E-state index contributed by atoms with van der Waals surface area (Å²) >= 11 is 4.71. The molecule has 1 nitrogen and oxygen atoms in total. The van der Waals surface area contributed by atoms with Crippen molar-refractivity contribution in [3.05, 3.63) is 22.4 Å². The summed E-state index contributed by atoms with van der Waals surface area (Å²) in [5, 5.41) is 0. The summed E-state index contributed by atoms with van der Waals surface area (Å²) in [6.45, 7) is 4.60. The van der Waals surface area contributed by atoms with Crippen molar-refractivity contribution in [2.45, 2.75) is 18.7 Å². The summed E-state index contributed by atoms with van der Waals surface area (Å²) < 4.78 is 20.0. The first-order valence-electron chi connectivity index (χ1n) is 4.70. The van der Waals surface area contributed by atoms with Crippen molar-refractivity contribution < 1.29 is 9.13 Å². The van der Waals surface area contributed by atoms with Crippen molar-refractivity contribution in [2.24, 2.45) is 5.92 Å². The lowest BCUT2D eigenvalue weighted by Gasteiger charge is -2.11. The van der Waals surface area contributed by atoms with E-state index in [1.165, 1.54) is 11.8 Å². The average Bonchev–Trinajstić information content (AvgIpc) is 2.18. The fourth-order valence-corrected chi connectivity index (χ4v) is 2.16. The molecule has 1 rings (SSSR count). The predicted molar refractivity (Wildman–Crippen MR) is 66.2 cm³/mol. The summed E-state index contributed by atoms with van der Waals surface area (Å²) in [5.74, 6) is 0.440. The van der Waals surface area contributed by atoms with Gasteiger partial charge in [0, 0.05) is 9.37 Å². The van der Waals surface area contributed by atoms with E-state index in [-0.39, 0.29) is 5.82 Å². The van der Waals surface area contributed by atoms with E-state index in [4.69, 9.17) is 4.74 Å². The van der Waals surface area contributed by atoms with Gasteiger partial charge in [0.1, 0.15) is 0 Å². The van der Waals surface area contributed by atoms with Gasteiger partial charge in [-0.2, -0.15) is 0 Å². The highest BCUT2D eigenvalue weighted by Crippen LogP contribution is 2.31. The van der Waals surface area contributed by atoms with Crippen LogP contribution in [0.3, 0.4) is 0 Å². The molecular formula is C11H14BrFOS. The highest BCUT2D eigenvalue weighted by atomic mass is 79.9. The lowest BCUT2D eigenvalue weighted by molar-refractivity contribution is 0.257. The molecule has 0 N–H and O–H groups in total. The highest BCUT2D eigenvalue weighted by molar-refractivity contribution is 9.10. The van der Waals surface area contributed by atoms with Crippen LogP contribution in [0.5, 0.6) is 5.75 Å². The SMILES string of the molecule is CSc1cc(Br)cc(OCC(C)C)c1F. The molecule has 0 saturated carbocycles. The molecular weight excluding hydrogens is 279 g/mol. The Balaban J connectivity index is 2.91. The molecule has 1 aromatic rings.